The number of carbonyl (C=O) groups excluding carboxylic acids is 2. The normalized spacial score (nSPS) is 16.6. The average Bonchev–Trinajstić information content (AvgIpc) is 2.47. The van der Waals surface area contributed by atoms with Gasteiger partial charge in [0, 0.05) is 39.3 Å². The number of primary amides is 1. The van der Waals surface area contributed by atoms with Crippen molar-refractivity contribution in [3.63, 3.8) is 0 Å². The Balaban J connectivity index is 0.00000529. The van der Waals surface area contributed by atoms with Gasteiger partial charge in [0.15, 0.2) is 5.96 Å². The number of guanidine groups is 1. The summed E-state index contributed by atoms with van der Waals surface area (Å²) in [5.41, 5.74) is 4.82. The molecule has 0 atom stereocenters. The van der Waals surface area contributed by atoms with Crippen molar-refractivity contribution in [2.75, 3.05) is 39.8 Å². The number of aliphatic imine (C=N–C) groups is 1. The second-order valence-electron chi connectivity index (χ2n) is 6.52. The van der Waals surface area contributed by atoms with Crippen LogP contribution in [0.3, 0.4) is 0 Å². The molecule has 24 heavy (non-hydrogen) atoms. The van der Waals surface area contributed by atoms with E-state index >= 15 is 0 Å². The number of carbonyl (C=O) groups is 2. The second kappa shape index (κ2) is 10.0. The summed E-state index contributed by atoms with van der Waals surface area (Å²) < 4.78 is 0. The number of amides is 2. The molecule has 140 valence electrons. The first-order valence-corrected chi connectivity index (χ1v) is 7.98. The van der Waals surface area contributed by atoms with Gasteiger partial charge < -0.3 is 21.3 Å². The number of halogens is 1. The van der Waals surface area contributed by atoms with Crippen molar-refractivity contribution in [3.05, 3.63) is 0 Å². The summed E-state index contributed by atoms with van der Waals surface area (Å²) in [6, 6.07) is 0.117. The Bertz CT molecular complexity index is 459. The lowest BCUT2D eigenvalue weighted by Gasteiger charge is -2.43. The van der Waals surface area contributed by atoms with Gasteiger partial charge >= 0.3 is 0 Å². The minimum Gasteiger partial charge on any atom is -0.368 e. The van der Waals surface area contributed by atoms with Crippen LogP contribution in [0.1, 0.15) is 27.7 Å². The van der Waals surface area contributed by atoms with E-state index in [2.05, 4.69) is 25.4 Å². The lowest BCUT2D eigenvalue weighted by molar-refractivity contribution is -0.129. The molecule has 0 aromatic heterocycles. The van der Waals surface area contributed by atoms with Gasteiger partial charge in [-0.25, -0.2) is 0 Å². The standard InChI is InChI=1S/C15H30N6O2.HI/c1-11(2)19-12(22)10-18-14(17-5)20-6-8-21(9-7-20)15(3,4)13(16)23;/h11H,6-10H2,1-5H3,(H2,16,23)(H,17,18)(H,19,22);1H. The number of nitrogens with zero attached hydrogens (tertiary/aromatic N) is 3. The lowest BCUT2D eigenvalue weighted by atomic mass is 10.0. The smallest absolute Gasteiger partial charge is 0.239 e. The van der Waals surface area contributed by atoms with Crippen LogP contribution in [0.2, 0.25) is 0 Å². The summed E-state index contributed by atoms with van der Waals surface area (Å²) in [4.78, 5) is 31.6. The molecule has 1 saturated heterocycles. The van der Waals surface area contributed by atoms with Crippen LogP contribution in [-0.4, -0.2) is 78.9 Å². The highest BCUT2D eigenvalue weighted by Crippen LogP contribution is 2.16. The van der Waals surface area contributed by atoms with Gasteiger partial charge in [-0.2, -0.15) is 0 Å². The van der Waals surface area contributed by atoms with Crippen LogP contribution in [0.5, 0.6) is 0 Å². The van der Waals surface area contributed by atoms with E-state index in [0.29, 0.717) is 5.96 Å². The number of hydrogen-bond acceptors (Lipinski definition) is 4. The third-order valence-corrected chi connectivity index (χ3v) is 4.04. The van der Waals surface area contributed by atoms with Crippen molar-refractivity contribution in [2.24, 2.45) is 10.7 Å². The molecule has 0 spiro atoms. The molecule has 2 amide bonds. The van der Waals surface area contributed by atoms with Crippen molar-refractivity contribution in [2.45, 2.75) is 39.3 Å². The van der Waals surface area contributed by atoms with Crippen LogP contribution >= 0.6 is 24.0 Å². The predicted molar refractivity (Wildman–Crippen MR) is 106 cm³/mol. The molecule has 0 aromatic rings. The maximum atomic E-state index is 11.7. The SMILES string of the molecule is CN=C(NCC(=O)NC(C)C)N1CCN(C(C)(C)C(N)=O)CC1.I. The minimum absolute atomic E-state index is 0. The van der Waals surface area contributed by atoms with Gasteiger partial charge in [-0.1, -0.05) is 0 Å². The van der Waals surface area contributed by atoms with Crippen molar-refractivity contribution < 1.29 is 9.59 Å². The zero-order chi connectivity index (χ0) is 17.6. The molecular formula is C15H31IN6O2. The molecule has 0 aromatic carbocycles. The molecule has 1 rings (SSSR count). The van der Waals surface area contributed by atoms with Crippen molar-refractivity contribution in [1.29, 1.82) is 0 Å². The third kappa shape index (κ3) is 6.42. The van der Waals surface area contributed by atoms with E-state index in [1.165, 1.54) is 0 Å². The van der Waals surface area contributed by atoms with E-state index in [1.54, 1.807) is 7.05 Å². The summed E-state index contributed by atoms with van der Waals surface area (Å²) in [7, 11) is 1.70. The zero-order valence-electron chi connectivity index (χ0n) is 15.3. The molecule has 0 saturated carbocycles. The highest BCUT2D eigenvalue weighted by molar-refractivity contribution is 14.0. The van der Waals surface area contributed by atoms with Crippen molar-refractivity contribution in [3.8, 4) is 0 Å². The number of nitrogens with two attached hydrogens (primary N) is 1. The zero-order valence-corrected chi connectivity index (χ0v) is 17.6. The molecule has 0 radical (unpaired) electrons. The quantitative estimate of drug-likeness (QED) is 0.298. The van der Waals surface area contributed by atoms with Crippen LogP contribution in [0.15, 0.2) is 4.99 Å². The molecule has 1 aliphatic rings. The van der Waals surface area contributed by atoms with E-state index in [4.69, 9.17) is 5.73 Å². The van der Waals surface area contributed by atoms with Crippen LogP contribution in [0.4, 0.5) is 0 Å². The summed E-state index contributed by atoms with van der Waals surface area (Å²) in [6.45, 7) is 10.6. The van der Waals surface area contributed by atoms with Crippen LogP contribution < -0.4 is 16.4 Å². The van der Waals surface area contributed by atoms with E-state index < -0.39 is 5.54 Å². The first kappa shape index (κ1) is 22.9. The van der Waals surface area contributed by atoms with Crippen molar-refractivity contribution >= 4 is 41.8 Å². The Hall–Kier alpha value is -1.10. The van der Waals surface area contributed by atoms with Gasteiger partial charge in [0.1, 0.15) is 0 Å². The van der Waals surface area contributed by atoms with Crippen LogP contribution in [-0.2, 0) is 9.59 Å². The summed E-state index contributed by atoms with van der Waals surface area (Å²) >= 11 is 0. The lowest BCUT2D eigenvalue weighted by Crippen LogP contribution is -2.61. The predicted octanol–water partition coefficient (Wildman–Crippen LogP) is -0.414. The first-order chi connectivity index (χ1) is 10.7. The molecule has 4 N–H and O–H groups in total. The molecule has 0 bridgehead atoms. The molecule has 1 fully saturated rings. The fourth-order valence-electron chi connectivity index (χ4n) is 2.50. The molecule has 0 unspecified atom stereocenters. The van der Waals surface area contributed by atoms with Crippen molar-refractivity contribution in [1.82, 2.24) is 20.4 Å². The van der Waals surface area contributed by atoms with Gasteiger partial charge in [0.2, 0.25) is 11.8 Å². The maximum absolute atomic E-state index is 11.7. The van der Waals surface area contributed by atoms with Gasteiger partial charge in [0.05, 0.1) is 12.1 Å². The monoisotopic (exact) mass is 454 g/mol. The minimum atomic E-state index is -0.653. The highest BCUT2D eigenvalue weighted by atomic mass is 127. The summed E-state index contributed by atoms with van der Waals surface area (Å²) in [6.07, 6.45) is 0. The molecule has 8 nitrogen and oxygen atoms in total. The number of nitrogens with one attached hydrogen (secondary N) is 2. The largest absolute Gasteiger partial charge is 0.368 e. The fourth-order valence-corrected chi connectivity index (χ4v) is 2.50. The second-order valence-corrected chi connectivity index (χ2v) is 6.52. The maximum Gasteiger partial charge on any atom is 0.239 e. The molecular weight excluding hydrogens is 423 g/mol. The van der Waals surface area contributed by atoms with Crippen LogP contribution in [0.25, 0.3) is 0 Å². The van der Waals surface area contributed by atoms with Gasteiger partial charge in [-0.15, -0.1) is 24.0 Å². The third-order valence-electron chi connectivity index (χ3n) is 4.04. The van der Waals surface area contributed by atoms with E-state index in [0.717, 1.165) is 26.2 Å². The molecule has 1 aliphatic heterocycles. The molecule has 0 aliphatic carbocycles. The summed E-state index contributed by atoms with van der Waals surface area (Å²) in [5.74, 6) is 0.314. The highest BCUT2D eigenvalue weighted by Gasteiger charge is 2.35. The fraction of sp³-hybridized carbons (Fsp3) is 0.800. The first-order valence-electron chi connectivity index (χ1n) is 7.98. The Morgan fingerprint density at radius 3 is 2.17 bits per heavy atom. The Morgan fingerprint density at radius 1 is 1.21 bits per heavy atom. The summed E-state index contributed by atoms with van der Waals surface area (Å²) in [5, 5.41) is 5.90. The average molecular weight is 454 g/mol. The van der Waals surface area contributed by atoms with Gasteiger partial charge in [-0.05, 0) is 27.7 Å². The van der Waals surface area contributed by atoms with Gasteiger partial charge in [0.25, 0.3) is 0 Å². The van der Waals surface area contributed by atoms with E-state index in [1.807, 2.05) is 27.7 Å². The molecule has 1 heterocycles. The number of rotatable bonds is 5. The van der Waals surface area contributed by atoms with E-state index in [-0.39, 0.29) is 48.4 Å². The topological polar surface area (TPSA) is 103 Å². The number of piperazine rings is 1. The van der Waals surface area contributed by atoms with Crippen LogP contribution in [0, 0.1) is 0 Å². The van der Waals surface area contributed by atoms with E-state index in [9.17, 15) is 9.59 Å². The Labute approximate surface area is 161 Å². The Kier molecular flexibility index (Phi) is 9.56. The molecule has 9 heteroatoms. The Morgan fingerprint density at radius 2 is 1.75 bits per heavy atom. The number of hydrogen-bond donors (Lipinski definition) is 3. The van der Waals surface area contributed by atoms with Gasteiger partial charge in [-0.3, -0.25) is 19.5 Å².